The molecule has 0 aliphatic rings. The lowest BCUT2D eigenvalue weighted by Crippen LogP contribution is -2.34. The monoisotopic (exact) mass is 341 g/mol. The molecule has 3 aromatic rings. The third kappa shape index (κ3) is 3.07. The van der Waals surface area contributed by atoms with Gasteiger partial charge in [-0.2, -0.15) is 0 Å². The molecule has 1 aromatic heterocycles. The average molecular weight is 342 g/mol. The Balaban J connectivity index is 2.04. The Kier molecular flexibility index (Phi) is 4.44. The third-order valence-corrected chi connectivity index (χ3v) is 3.79. The first kappa shape index (κ1) is 16.0. The number of para-hydroxylation sites is 1. The zero-order chi connectivity index (χ0) is 17.1. The van der Waals surface area contributed by atoms with Crippen molar-refractivity contribution in [1.82, 2.24) is 9.78 Å². The van der Waals surface area contributed by atoms with Crippen LogP contribution in [0.1, 0.15) is 0 Å². The minimum absolute atomic E-state index is 0.195. The number of methoxy groups -OCH3 is 1. The number of hydrogen-bond acceptors (Lipinski definition) is 3. The lowest BCUT2D eigenvalue weighted by molar-refractivity contribution is 0.417. The van der Waals surface area contributed by atoms with Crippen molar-refractivity contribution >= 4 is 30.1 Å². The predicted molar refractivity (Wildman–Crippen MR) is 97.3 cm³/mol. The van der Waals surface area contributed by atoms with Gasteiger partial charge in [-0.25, -0.2) is 4.68 Å². The fourth-order valence-electron chi connectivity index (χ4n) is 2.35. The molecule has 0 atom stereocenters. The van der Waals surface area contributed by atoms with Gasteiger partial charge < -0.3 is 10.1 Å². The summed E-state index contributed by atoms with van der Waals surface area (Å²) in [6.07, 6.45) is 1.59. The van der Waals surface area contributed by atoms with E-state index in [4.69, 9.17) is 16.3 Å². The Morgan fingerprint density at radius 2 is 2.00 bits per heavy atom. The molecule has 3 rings (SSSR count). The highest BCUT2D eigenvalue weighted by Gasteiger charge is 2.05. The first-order valence-electron chi connectivity index (χ1n) is 7.26. The number of anilines is 1. The molecule has 2 aromatic carbocycles. The second-order valence-electron chi connectivity index (χ2n) is 5.11. The molecule has 1 heterocycles. The number of ether oxygens (including phenoxy) is 1. The molecule has 0 unspecified atom stereocenters. The van der Waals surface area contributed by atoms with Crippen LogP contribution in [-0.4, -0.2) is 16.9 Å². The molecule has 0 fully saturated rings. The molecule has 0 spiro atoms. The second kappa shape index (κ2) is 6.68. The number of aromatic amines is 1. The van der Waals surface area contributed by atoms with Gasteiger partial charge in [-0.15, -0.1) is 0 Å². The Morgan fingerprint density at radius 3 is 2.71 bits per heavy atom. The van der Waals surface area contributed by atoms with E-state index in [9.17, 15) is 4.79 Å². The summed E-state index contributed by atoms with van der Waals surface area (Å²) < 4.78 is 6.73. The summed E-state index contributed by atoms with van der Waals surface area (Å²) in [6.45, 7) is 3.89. The van der Waals surface area contributed by atoms with Crippen LogP contribution in [0.4, 0.5) is 5.69 Å². The van der Waals surface area contributed by atoms with Gasteiger partial charge in [0.15, 0.2) is 0 Å². The van der Waals surface area contributed by atoms with Crippen molar-refractivity contribution in [2.24, 2.45) is 0 Å². The zero-order valence-corrected chi connectivity index (χ0v) is 13.8. The normalized spacial score (nSPS) is 11.5. The molecule has 122 valence electrons. The van der Waals surface area contributed by atoms with Gasteiger partial charge in [0.25, 0.3) is 5.56 Å². The molecule has 0 amide bonds. The minimum atomic E-state index is -0.195. The number of halogens is 1. The molecular formula is C18H16ClN3O2. The van der Waals surface area contributed by atoms with Crippen LogP contribution < -0.4 is 26.2 Å². The fraction of sp³-hybridized carbons (Fsp3) is 0.0556. The number of aromatic nitrogens is 2. The van der Waals surface area contributed by atoms with Gasteiger partial charge in [-0.3, -0.25) is 9.89 Å². The summed E-state index contributed by atoms with van der Waals surface area (Å²) in [5.41, 5.74) is 1.21. The molecule has 0 bridgehead atoms. The lowest BCUT2D eigenvalue weighted by atomic mass is 10.3. The van der Waals surface area contributed by atoms with Crippen molar-refractivity contribution in [3.63, 3.8) is 0 Å². The quantitative estimate of drug-likeness (QED) is 0.764. The Hall–Kier alpha value is -2.92. The molecule has 0 radical (unpaired) electrons. The summed E-state index contributed by atoms with van der Waals surface area (Å²) in [5, 5.41) is 7.54. The predicted octanol–water partition coefficient (Wildman–Crippen LogP) is 2.09. The van der Waals surface area contributed by atoms with Crippen LogP contribution in [0, 0.1) is 0 Å². The summed E-state index contributed by atoms with van der Waals surface area (Å²) >= 11 is 6.01. The van der Waals surface area contributed by atoms with Crippen molar-refractivity contribution in [1.29, 1.82) is 0 Å². The van der Waals surface area contributed by atoms with E-state index in [0.29, 0.717) is 27.0 Å². The highest BCUT2D eigenvalue weighted by Crippen LogP contribution is 2.27. The van der Waals surface area contributed by atoms with Gasteiger partial charge in [0, 0.05) is 11.2 Å². The standard InChI is InChI=1S/C18H16ClN3O2/c1-12-15(11-20-16-10-13(19)8-9-17(16)24-2)18(23)22(21-12)14-6-4-3-5-7-14/h3-11,20-21H,1H2,2H3. The average Bonchev–Trinajstić information content (AvgIpc) is 2.88. The van der Waals surface area contributed by atoms with Crippen LogP contribution in [0.15, 0.2) is 53.3 Å². The molecule has 5 nitrogen and oxygen atoms in total. The molecular weight excluding hydrogens is 326 g/mol. The fourth-order valence-corrected chi connectivity index (χ4v) is 2.52. The van der Waals surface area contributed by atoms with Crippen LogP contribution in [0.3, 0.4) is 0 Å². The van der Waals surface area contributed by atoms with Crippen LogP contribution in [-0.2, 0) is 0 Å². The van der Waals surface area contributed by atoms with Crippen LogP contribution in [0.2, 0.25) is 5.02 Å². The summed E-state index contributed by atoms with van der Waals surface area (Å²) in [5.74, 6) is 0.625. The van der Waals surface area contributed by atoms with Crippen LogP contribution in [0.5, 0.6) is 5.75 Å². The van der Waals surface area contributed by atoms with Crippen molar-refractivity contribution in [3.8, 4) is 11.4 Å². The molecule has 2 N–H and O–H groups in total. The van der Waals surface area contributed by atoms with E-state index in [1.165, 1.54) is 4.68 Å². The summed E-state index contributed by atoms with van der Waals surface area (Å²) in [4.78, 5) is 12.6. The summed E-state index contributed by atoms with van der Waals surface area (Å²) in [7, 11) is 1.57. The molecule has 6 heteroatoms. The zero-order valence-electron chi connectivity index (χ0n) is 13.0. The van der Waals surface area contributed by atoms with E-state index in [0.717, 1.165) is 5.69 Å². The minimum Gasteiger partial charge on any atom is -0.495 e. The first-order valence-corrected chi connectivity index (χ1v) is 7.63. The maximum absolute atomic E-state index is 12.6. The van der Waals surface area contributed by atoms with E-state index in [1.807, 2.05) is 30.3 Å². The number of nitrogens with one attached hydrogen (secondary N) is 2. The highest BCUT2D eigenvalue weighted by atomic mass is 35.5. The Bertz CT molecular complexity index is 1020. The van der Waals surface area contributed by atoms with Gasteiger partial charge in [-0.1, -0.05) is 36.4 Å². The topological polar surface area (TPSA) is 59.0 Å². The molecule has 0 saturated carbocycles. The maximum Gasteiger partial charge on any atom is 0.280 e. The maximum atomic E-state index is 12.6. The smallest absolute Gasteiger partial charge is 0.280 e. The van der Waals surface area contributed by atoms with Crippen molar-refractivity contribution in [3.05, 3.63) is 74.5 Å². The molecule has 24 heavy (non-hydrogen) atoms. The number of rotatable bonds is 4. The first-order chi connectivity index (χ1) is 11.6. The third-order valence-electron chi connectivity index (χ3n) is 3.55. The molecule has 0 aliphatic heterocycles. The van der Waals surface area contributed by atoms with Gasteiger partial charge >= 0.3 is 0 Å². The van der Waals surface area contributed by atoms with Gasteiger partial charge in [0.2, 0.25) is 0 Å². The largest absolute Gasteiger partial charge is 0.495 e. The highest BCUT2D eigenvalue weighted by molar-refractivity contribution is 6.31. The number of H-pyrrole nitrogens is 1. The van der Waals surface area contributed by atoms with E-state index in [1.54, 1.807) is 31.5 Å². The van der Waals surface area contributed by atoms with Gasteiger partial charge in [0.05, 0.1) is 29.1 Å². The van der Waals surface area contributed by atoms with E-state index < -0.39 is 0 Å². The van der Waals surface area contributed by atoms with E-state index in [-0.39, 0.29) is 5.56 Å². The van der Waals surface area contributed by atoms with Crippen LogP contribution in [0.25, 0.3) is 18.5 Å². The second-order valence-corrected chi connectivity index (χ2v) is 5.55. The SMILES string of the molecule is C=c1[nH]n(-c2ccccc2)c(=O)c1=CNc1cc(Cl)ccc1OC. The van der Waals surface area contributed by atoms with Gasteiger partial charge in [-0.05, 0) is 30.3 Å². The van der Waals surface area contributed by atoms with Crippen molar-refractivity contribution in [2.45, 2.75) is 0 Å². The van der Waals surface area contributed by atoms with E-state index in [2.05, 4.69) is 17.0 Å². The molecule has 0 saturated heterocycles. The van der Waals surface area contributed by atoms with Crippen LogP contribution >= 0.6 is 11.6 Å². The Morgan fingerprint density at radius 1 is 1.25 bits per heavy atom. The van der Waals surface area contributed by atoms with E-state index >= 15 is 0 Å². The van der Waals surface area contributed by atoms with Crippen molar-refractivity contribution in [2.75, 3.05) is 12.4 Å². The Labute approximate surface area is 143 Å². The van der Waals surface area contributed by atoms with Crippen molar-refractivity contribution < 1.29 is 4.74 Å². The number of benzene rings is 2. The lowest BCUT2D eigenvalue weighted by Gasteiger charge is -2.07. The molecule has 0 aliphatic carbocycles. The number of hydrogen-bond donors (Lipinski definition) is 2. The number of nitrogens with zero attached hydrogens (tertiary/aromatic N) is 1. The van der Waals surface area contributed by atoms with Gasteiger partial charge in [0.1, 0.15) is 5.75 Å². The summed E-state index contributed by atoms with van der Waals surface area (Å²) in [6, 6.07) is 14.5.